The minimum Gasteiger partial charge on any atom is -0.387 e. The van der Waals surface area contributed by atoms with Crippen LogP contribution in [0.1, 0.15) is 19.4 Å². The molecule has 2 aromatic rings. The smallest absolute Gasteiger partial charge is 0.141 e. The van der Waals surface area contributed by atoms with Crippen molar-refractivity contribution in [2.45, 2.75) is 37.7 Å². The molecule has 4 atom stereocenters. The average Bonchev–Trinajstić information content (AvgIpc) is 3.38. The van der Waals surface area contributed by atoms with E-state index in [1.54, 1.807) is 0 Å². The average molecular weight is 391 g/mol. The Kier molecular flexibility index (Phi) is 5.70. The highest BCUT2D eigenvalue weighted by molar-refractivity contribution is 6.04. The van der Waals surface area contributed by atoms with Crippen LogP contribution in [0.3, 0.4) is 0 Å². The van der Waals surface area contributed by atoms with Crippen molar-refractivity contribution in [3.63, 3.8) is 0 Å². The van der Waals surface area contributed by atoms with Crippen molar-refractivity contribution in [1.29, 1.82) is 0 Å². The number of benzene rings is 2. The maximum Gasteiger partial charge on any atom is 0.141 e. The molecule has 148 valence electrons. The van der Waals surface area contributed by atoms with Crippen LogP contribution in [0.15, 0.2) is 54.6 Å². The van der Waals surface area contributed by atoms with Gasteiger partial charge >= 0.3 is 0 Å². The molecule has 0 radical (unpaired) electrons. The SMILES string of the molecule is CC(F)C(O)C(F)C(C)(CF)c1ccc(F)cc1.c1ccc2c3cc-3nc2c1. The molecule has 0 saturated heterocycles. The fourth-order valence-corrected chi connectivity index (χ4v) is 3.09. The summed E-state index contributed by atoms with van der Waals surface area (Å²) in [5.74, 6) is -0.533. The van der Waals surface area contributed by atoms with Crippen LogP contribution in [0.25, 0.3) is 22.2 Å². The minimum atomic E-state index is -2.12. The fourth-order valence-electron chi connectivity index (χ4n) is 3.09. The second-order valence-electron chi connectivity index (χ2n) is 7.20. The molecule has 6 heteroatoms. The van der Waals surface area contributed by atoms with Crippen molar-refractivity contribution in [2.75, 3.05) is 6.67 Å². The van der Waals surface area contributed by atoms with Crippen LogP contribution in [-0.2, 0) is 5.41 Å². The first-order chi connectivity index (χ1) is 13.3. The third-order valence-electron chi connectivity index (χ3n) is 5.07. The highest BCUT2D eigenvalue weighted by Gasteiger charge is 2.43. The van der Waals surface area contributed by atoms with Crippen LogP contribution in [-0.4, -0.2) is 35.2 Å². The zero-order valence-electron chi connectivity index (χ0n) is 15.5. The van der Waals surface area contributed by atoms with E-state index < -0.39 is 36.4 Å². The molecule has 0 fully saturated rings. The van der Waals surface area contributed by atoms with Gasteiger partial charge in [0, 0.05) is 10.9 Å². The molecule has 2 aromatic carbocycles. The molecule has 0 saturated carbocycles. The van der Waals surface area contributed by atoms with E-state index in [1.807, 2.05) is 6.07 Å². The molecule has 1 heterocycles. The topological polar surface area (TPSA) is 33.1 Å². The molecule has 1 N–H and O–H groups in total. The number of rotatable bonds is 5. The monoisotopic (exact) mass is 391 g/mol. The zero-order chi connectivity index (χ0) is 20.5. The van der Waals surface area contributed by atoms with E-state index in [0.717, 1.165) is 24.6 Å². The number of hydrogen-bond acceptors (Lipinski definition) is 2. The van der Waals surface area contributed by atoms with E-state index in [9.17, 15) is 22.7 Å². The molecule has 1 aliphatic carbocycles. The van der Waals surface area contributed by atoms with Crippen molar-refractivity contribution in [3.05, 3.63) is 66.0 Å². The van der Waals surface area contributed by atoms with E-state index in [-0.39, 0.29) is 5.56 Å². The third kappa shape index (κ3) is 3.87. The van der Waals surface area contributed by atoms with Crippen molar-refractivity contribution < 1.29 is 22.7 Å². The molecule has 0 amide bonds. The van der Waals surface area contributed by atoms with E-state index >= 15 is 0 Å². The van der Waals surface area contributed by atoms with Gasteiger partial charge in [0.05, 0.1) is 16.6 Å². The number of para-hydroxylation sites is 1. The Morgan fingerprint density at radius 2 is 1.71 bits per heavy atom. The number of pyridine rings is 1. The van der Waals surface area contributed by atoms with Gasteiger partial charge < -0.3 is 5.11 Å². The normalized spacial score (nSPS) is 17.1. The number of alkyl halides is 3. The molecular weight excluding hydrogens is 370 g/mol. The number of aromatic nitrogens is 1. The molecule has 4 rings (SSSR count). The first kappa shape index (κ1) is 20.3. The number of aliphatic hydroxyl groups excluding tert-OH is 1. The molecule has 0 aromatic heterocycles. The van der Waals surface area contributed by atoms with Crippen LogP contribution >= 0.6 is 0 Å². The van der Waals surface area contributed by atoms with Crippen LogP contribution in [0, 0.1) is 5.82 Å². The summed E-state index contributed by atoms with van der Waals surface area (Å²) < 4.78 is 52.9. The predicted octanol–water partition coefficient (Wildman–Crippen LogP) is 5.33. The van der Waals surface area contributed by atoms with Crippen LogP contribution in [0.5, 0.6) is 0 Å². The van der Waals surface area contributed by atoms with E-state index in [0.29, 0.717) is 0 Å². The van der Waals surface area contributed by atoms with E-state index in [4.69, 9.17) is 0 Å². The molecular formula is C22H21F4NO. The van der Waals surface area contributed by atoms with Gasteiger partial charge in [0.1, 0.15) is 30.9 Å². The van der Waals surface area contributed by atoms with Gasteiger partial charge in [-0.2, -0.15) is 0 Å². The van der Waals surface area contributed by atoms with Gasteiger partial charge in [0.25, 0.3) is 0 Å². The zero-order valence-corrected chi connectivity index (χ0v) is 15.5. The summed E-state index contributed by atoms with van der Waals surface area (Å²) in [6.07, 6.45) is -5.85. The Balaban J connectivity index is 0.000000185. The summed E-state index contributed by atoms with van der Waals surface area (Å²) in [5, 5.41) is 10.7. The predicted molar refractivity (Wildman–Crippen MR) is 102 cm³/mol. The van der Waals surface area contributed by atoms with Crippen molar-refractivity contribution in [3.8, 4) is 11.3 Å². The summed E-state index contributed by atoms with van der Waals surface area (Å²) in [6, 6.07) is 15.0. The van der Waals surface area contributed by atoms with Gasteiger partial charge in [-0.05, 0) is 36.8 Å². The minimum absolute atomic E-state index is 0.179. The standard InChI is InChI=1S/C13H16F4O.C9H5N/c1-8(15)11(18)12(17)13(2,7-14)9-3-5-10(16)6-4-9;1-2-4-8-6(3-1)7-5-9(7)10-8/h3-6,8,11-12,18H,7H2,1-2H3;1-5H. The number of hydrogen-bond donors (Lipinski definition) is 1. The fraction of sp³-hybridized carbons (Fsp3) is 0.318. The largest absolute Gasteiger partial charge is 0.387 e. The second-order valence-corrected chi connectivity index (χ2v) is 7.20. The number of nitrogens with zero attached hydrogens (tertiary/aromatic N) is 1. The first-order valence-electron chi connectivity index (χ1n) is 8.96. The molecule has 1 aliphatic heterocycles. The number of aliphatic hydroxyl groups is 1. The van der Waals surface area contributed by atoms with Crippen molar-refractivity contribution in [1.82, 2.24) is 4.98 Å². The lowest BCUT2D eigenvalue weighted by Gasteiger charge is -2.34. The lowest BCUT2D eigenvalue weighted by Crippen LogP contribution is -2.46. The molecule has 28 heavy (non-hydrogen) atoms. The summed E-state index contributed by atoms with van der Waals surface area (Å²) in [4.78, 5) is 4.35. The molecule has 2 aliphatic rings. The lowest BCUT2D eigenvalue weighted by molar-refractivity contribution is -0.0202. The third-order valence-corrected chi connectivity index (χ3v) is 5.07. The maximum atomic E-state index is 14.1. The van der Waals surface area contributed by atoms with Gasteiger partial charge in [-0.25, -0.2) is 18.2 Å². The molecule has 2 nitrogen and oxygen atoms in total. The van der Waals surface area contributed by atoms with Gasteiger partial charge in [0.2, 0.25) is 0 Å². The van der Waals surface area contributed by atoms with Gasteiger partial charge in [-0.3, -0.25) is 4.39 Å². The highest BCUT2D eigenvalue weighted by atomic mass is 19.2. The maximum absolute atomic E-state index is 14.1. The molecule has 4 unspecified atom stereocenters. The van der Waals surface area contributed by atoms with E-state index in [2.05, 4.69) is 29.2 Å². The summed E-state index contributed by atoms with van der Waals surface area (Å²) in [7, 11) is 0. The van der Waals surface area contributed by atoms with Crippen molar-refractivity contribution >= 4 is 10.9 Å². The Morgan fingerprint density at radius 1 is 1.07 bits per heavy atom. The van der Waals surface area contributed by atoms with Crippen LogP contribution in [0.2, 0.25) is 0 Å². The van der Waals surface area contributed by atoms with Crippen LogP contribution in [0.4, 0.5) is 17.6 Å². The number of halogens is 4. The summed E-state index contributed by atoms with van der Waals surface area (Å²) >= 11 is 0. The Hall–Kier alpha value is -2.47. The van der Waals surface area contributed by atoms with Gasteiger partial charge in [-0.15, -0.1) is 0 Å². The number of fused-ring (bicyclic) bond motifs is 3. The Bertz CT molecular complexity index is 960. The van der Waals surface area contributed by atoms with Gasteiger partial charge in [-0.1, -0.05) is 37.3 Å². The molecule has 0 bridgehead atoms. The first-order valence-corrected chi connectivity index (χ1v) is 8.96. The Labute approximate surface area is 160 Å². The summed E-state index contributed by atoms with van der Waals surface area (Å²) in [5.41, 5.74) is 2.14. The lowest BCUT2D eigenvalue weighted by atomic mass is 9.76. The van der Waals surface area contributed by atoms with Crippen molar-refractivity contribution in [2.24, 2.45) is 0 Å². The summed E-state index contributed by atoms with van der Waals surface area (Å²) in [6.45, 7) is 1.11. The van der Waals surface area contributed by atoms with E-state index in [1.165, 1.54) is 35.7 Å². The Morgan fingerprint density at radius 3 is 2.29 bits per heavy atom. The second kappa shape index (κ2) is 7.87. The highest BCUT2D eigenvalue weighted by Crippen LogP contribution is 2.39. The molecule has 0 spiro atoms. The quantitative estimate of drug-likeness (QED) is 0.467. The van der Waals surface area contributed by atoms with Crippen LogP contribution < -0.4 is 0 Å². The van der Waals surface area contributed by atoms with Gasteiger partial charge in [0.15, 0.2) is 0 Å².